The lowest BCUT2D eigenvalue weighted by atomic mass is 9.85. The lowest BCUT2D eigenvalue weighted by Crippen LogP contribution is -2.37. The quantitative estimate of drug-likeness (QED) is 0.598. The van der Waals surface area contributed by atoms with Gasteiger partial charge in [0.05, 0.1) is 0 Å². The highest BCUT2D eigenvalue weighted by Gasteiger charge is 2.22. The van der Waals surface area contributed by atoms with E-state index < -0.39 is 0 Å². The minimum Gasteiger partial charge on any atom is -0.396 e. The van der Waals surface area contributed by atoms with Crippen molar-refractivity contribution in [1.82, 2.24) is 5.32 Å². The Morgan fingerprint density at radius 1 is 1.40 bits per heavy atom. The van der Waals surface area contributed by atoms with Crippen LogP contribution in [0.5, 0.6) is 0 Å². The average Bonchev–Trinajstić information content (AvgIpc) is 2.04. The molecule has 1 aliphatic rings. The molecule has 0 bridgehead atoms. The van der Waals surface area contributed by atoms with E-state index in [2.05, 4.69) is 5.32 Å². The van der Waals surface area contributed by atoms with Crippen molar-refractivity contribution in [2.24, 2.45) is 5.92 Å². The molecular weight excluding hydrogens is 126 g/mol. The van der Waals surface area contributed by atoms with Crippen LogP contribution in [0.2, 0.25) is 0 Å². The molecule has 0 heterocycles. The van der Waals surface area contributed by atoms with Gasteiger partial charge in [0, 0.05) is 12.6 Å². The van der Waals surface area contributed by atoms with Gasteiger partial charge in [-0.05, 0) is 25.8 Å². The Hall–Kier alpha value is -0.0800. The predicted octanol–water partition coefficient (Wildman–Crippen LogP) is 0.757. The Labute approximate surface area is 62.6 Å². The number of hydrogen-bond donors (Lipinski definition) is 2. The van der Waals surface area contributed by atoms with Crippen molar-refractivity contribution in [3.63, 3.8) is 0 Å². The molecule has 1 fully saturated rings. The molecule has 0 saturated heterocycles. The number of hydrogen-bond acceptors (Lipinski definition) is 2. The van der Waals surface area contributed by atoms with Crippen molar-refractivity contribution in [2.45, 2.75) is 31.7 Å². The van der Waals surface area contributed by atoms with Gasteiger partial charge in [0.25, 0.3) is 0 Å². The molecule has 1 saturated carbocycles. The third kappa shape index (κ3) is 1.70. The fourth-order valence-electron chi connectivity index (χ4n) is 1.81. The summed E-state index contributed by atoms with van der Waals surface area (Å²) in [5.41, 5.74) is 0. The molecule has 2 atom stereocenters. The van der Waals surface area contributed by atoms with Crippen LogP contribution in [-0.2, 0) is 0 Å². The molecule has 2 nitrogen and oxygen atoms in total. The van der Waals surface area contributed by atoms with E-state index in [-0.39, 0.29) is 0 Å². The first kappa shape index (κ1) is 8.02. The van der Waals surface area contributed by atoms with Crippen LogP contribution in [0.4, 0.5) is 0 Å². The van der Waals surface area contributed by atoms with Crippen molar-refractivity contribution in [3.8, 4) is 0 Å². The summed E-state index contributed by atoms with van der Waals surface area (Å²) in [5.74, 6) is 0.513. The summed E-state index contributed by atoms with van der Waals surface area (Å²) in [5, 5.41) is 12.2. The van der Waals surface area contributed by atoms with E-state index in [4.69, 9.17) is 5.11 Å². The maximum absolute atomic E-state index is 8.95. The van der Waals surface area contributed by atoms with Crippen LogP contribution in [0.15, 0.2) is 0 Å². The van der Waals surface area contributed by atoms with E-state index in [0.717, 1.165) is 0 Å². The van der Waals surface area contributed by atoms with Gasteiger partial charge in [-0.25, -0.2) is 0 Å². The molecule has 0 aromatic rings. The number of nitrogens with one attached hydrogen (secondary N) is 1. The van der Waals surface area contributed by atoms with Crippen LogP contribution in [0.1, 0.15) is 25.7 Å². The standard InChI is InChI=1S/C8H17NO/c1-9-8-5-3-2-4-7(8)6-10/h7-10H,2-6H2,1H3/t7-,8-/m1/s1. The van der Waals surface area contributed by atoms with E-state index in [9.17, 15) is 0 Å². The zero-order valence-electron chi connectivity index (χ0n) is 6.64. The summed E-state index contributed by atoms with van der Waals surface area (Å²) in [7, 11) is 1.98. The molecule has 1 aliphatic carbocycles. The maximum Gasteiger partial charge on any atom is 0.0474 e. The van der Waals surface area contributed by atoms with E-state index in [1.165, 1.54) is 25.7 Å². The van der Waals surface area contributed by atoms with Crippen molar-refractivity contribution in [2.75, 3.05) is 13.7 Å². The maximum atomic E-state index is 8.95. The van der Waals surface area contributed by atoms with Crippen molar-refractivity contribution >= 4 is 0 Å². The van der Waals surface area contributed by atoms with Gasteiger partial charge in [0.1, 0.15) is 0 Å². The molecule has 0 aliphatic heterocycles. The van der Waals surface area contributed by atoms with E-state index in [1.807, 2.05) is 7.05 Å². The van der Waals surface area contributed by atoms with Crippen molar-refractivity contribution < 1.29 is 5.11 Å². The molecule has 1 rings (SSSR count). The number of aliphatic hydroxyl groups is 1. The lowest BCUT2D eigenvalue weighted by Gasteiger charge is -2.29. The topological polar surface area (TPSA) is 32.3 Å². The second kappa shape index (κ2) is 3.94. The second-order valence-electron chi connectivity index (χ2n) is 3.12. The van der Waals surface area contributed by atoms with Gasteiger partial charge in [-0.3, -0.25) is 0 Å². The summed E-state index contributed by atoms with van der Waals surface area (Å²) >= 11 is 0. The van der Waals surface area contributed by atoms with Crippen LogP contribution in [0.3, 0.4) is 0 Å². The van der Waals surface area contributed by atoms with Gasteiger partial charge in [0.15, 0.2) is 0 Å². The Balaban J connectivity index is 2.34. The highest BCUT2D eigenvalue weighted by molar-refractivity contribution is 4.78. The molecule has 2 N–H and O–H groups in total. The van der Waals surface area contributed by atoms with Crippen LogP contribution < -0.4 is 5.32 Å². The van der Waals surface area contributed by atoms with Crippen LogP contribution in [0.25, 0.3) is 0 Å². The summed E-state index contributed by atoms with van der Waals surface area (Å²) < 4.78 is 0. The minimum atomic E-state index is 0.353. The largest absolute Gasteiger partial charge is 0.396 e. The number of rotatable bonds is 2. The van der Waals surface area contributed by atoms with E-state index >= 15 is 0 Å². The molecule has 0 amide bonds. The summed E-state index contributed by atoms with van der Waals surface area (Å²) in [6.45, 7) is 0.353. The average molecular weight is 143 g/mol. The Kier molecular flexibility index (Phi) is 3.16. The third-order valence-electron chi connectivity index (χ3n) is 2.51. The molecule has 60 valence electrons. The first-order chi connectivity index (χ1) is 4.88. The monoisotopic (exact) mass is 143 g/mol. The highest BCUT2D eigenvalue weighted by atomic mass is 16.3. The first-order valence-electron chi connectivity index (χ1n) is 4.16. The zero-order chi connectivity index (χ0) is 7.40. The normalized spacial score (nSPS) is 34.2. The van der Waals surface area contributed by atoms with Gasteiger partial charge in [-0.1, -0.05) is 12.8 Å². The Morgan fingerprint density at radius 2 is 2.10 bits per heavy atom. The molecule has 0 unspecified atom stereocenters. The molecule has 0 spiro atoms. The summed E-state index contributed by atoms with van der Waals surface area (Å²) in [4.78, 5) is 0. The molecular formula is C8H17NO. The molecule has 0 aromatic heterocycles. The first-order valence-corrected chi connectivity index (χ1v) is 4.16. The van der Waals surface area contributed by atoms with E-state index in [0.29, 0.717) is 18.6 Å². The van der Waals surface area contributed by atoms with Gasteiger partial charge in [-0.2, -0.15) is 0 Å². The second-order valence-corrected chi connectivity index (χ2v) is 3.12. The van der Waals surface area contributed by atoms with Gasteiger partial charge in [-0.15, -0.1) is 0 Å². The van der Waals surface area contributed by atoms with Gasteiger partial charge in [0.2, 0.25) is 0 Å². The van der Waals surface area contributed by atoms with Crippen LogP contribution >= 0.6 is 0 Å². The predicted molar refractivity (Wildman–Crippen MR) is 41.9 cm³/mol. The van der Waals surface area contributed by atoms with Crippen molar-refractivity contribution in [3.05, 3.63) is 0 Å². The highest BCUT2D eigenvalue weighted by Crippen LogP contribution is 2.23. The Bertz CT molecular complexity index is 83.3. The third-order valence-corrected chi connectivity index (χ3v) is 2.51. The smallest absolute Gasteiger partial charge is 0.0474 e. The lowest BCUT2D eigenvalue weighted by molar-refractivity contribution is 0.157. The fraction of sp³-hybridized carbons (Fsp3) is 1.00. The molecule has 10 heavy (non-hydrogen) atoms. The molecule has 0 radical (unpaired) electrons. The van der Waals surface area contributed by atoms with Crippen molar-refractivity contribution in [1.29, 1.82) is 0 Å². The Morgan fingerprint density at radius 3 is 2.60 bits per heavy atom. The SMILES string of the molecule is CN[C@@H]1CCCC[C@@H]1CO. The summed E-state index contributed by atoms with van der Waals surface area (Å²) in [6, 6.07) is 0.568. The van der Waals surface area contributed by atoms with Crippen LogP contribution in [-0.4, -0.2) is 24.8 Å². The zero-order valence-corrected chi connectivity index (χ0v) is 6.64. The van der Waals surface area contributed by atoms with Gasteiger partial charge < -0.3 is 10.4 Å². The van der Waals surface area contributed by atoms with Crippen LogP contribution in [0, 0.1) is 5.92 Å². The fourth-order valence-corrected chi connectivity index (χ4v) is 1.81. The van der Waals surface area contributed by atoms with Gasteiger partial charge >= 0.3 is 0 Å². The molecule has 0 aromatic carbocycles. The summed E-state index contributed by atoms with van der Waals surface area (Å²) in [6.07, 6.45) is 5.05. The molecule has 2 heteroatoms. The minimum absolute atomic E-state index is 0.353. The van der Waals surface area contributed by atoms with E-state index in [1.54, 1.807) is 0 Å². The number of aliphatic hydroxyl groups excluding tert-OH is 1.